The van der Waals surface area contributed by atoms with Gasteiger partial charge in [0.05, 0.1) is 27.2 Å². The van der Waals surface area contributed by atoms with Crippen LogP contribution in [-0.2, 0) is 0 Å². The van der Waals surface area contributed by atoms with E-state index in [2.05, 4.69) is 40.7 Å². The zero-order valence-corrected chi connectivity index (χ0v) is 19.7. The molecule has 3 heteroatoms. The van der Waals surface area contributed by atoms with Crippen molar-refractivity contribution in [2.75, 3.05) is 27.2 Å². The maximum atomic E-state index is 2.50. The lowest BCUT2D eigenvalue weighted by atomic mass is 10.1. The molecule has 0 aromatic carbocycles. The van der Waals surface area contributed by atoms with Crippen LogP contribution in [0.3, 0.4) is 0 Å². The van der Waals surface area contributed by atoms with Gasteiger partial charge >= 0.3 is 0 Å². The highest BCUT2D eigenvalue weighted by Gasteiger charge is 2.18. The molecule has 0 heterocycles. The Bertz CT molecular complexity index is 261. The minimum Gasteiger partial charge on any atom is -1.00 e. The van der Waals surface area contributed by atoms with Crippen LogP contribution in [-0.4, -0.2) is 39.7 Å². The first-order valence-corrected chi connectivity index (χ1v) is 14.3. The fourth-order valence-electron chi connectivity index (χ4n) is 3.35. The monoisotopic (exact) mass is 377 g/mol. The molecule has 0 unspecified atom stereocenters. The van der Waals surface area contributed by atoms with Crippen molar-refractivity contribution in [1.82, 2.24) is 0 Å². The lowest BCUT2D eigenvalue weighted by Gasteiger charge is -2.31. The first-order chi connectivity index (χ1) is 10.8. The lowest BCUT2D eigenvalue weighted by Crippen LogP contribution is -3.00. The average Bonchev–Trinajstić information content (AvgIpc) is 2.43. The van der Waals surface area contributed by atoms with E-state index in [1.165, 1.54) is 101 Å². The van der Waals surface area contributed by atoms with E-state index in [9.17, 15) is 0 Å². The fraction of sp³-hybridized carbons (Fsp3) is 1.00. The van der Waals surface area contributed by atoms with Crippen molar-refractivity contribution in [1.29, 1.82) is 0 Å². The van der Waals surface area contributed by atoms with Crippen molar-refractivity contribution in [2.45, 2.75) is 110 Å². The van der Waals surface area contributed by atoms with Gasteiger partial charge in [-0.05, 0) is 19.3 Å². The van der Waals surface area contributed by atoms with Crippen LogP contribution in [0.25, 0.3) is 0 Å². The predicted octanol–water partition coefficient (Wildman–Crippen LogP) is 4.11. The maximum Gasteiger partial charge on any atom is 0.0782 e. The number of halogens is 1. The Morgan fingerprint density at radius 2 is 0.958 bits per heavy atom. The third-order valence-electron chi connectivity index (χ3n) is 5.06. The molecule has 0 aromatic rings. The fourth-order valence-corrected chi connectivity index (χ4v) is 4.57. The molecule has 0 atom stereocenters. The van der Waals surface area contributed by atoms with Gasteiger partial charge in [0.2, 0.25) is 0 Å². The van der Waals surface area contributed by atoms with E-state index >= 15 is 0 Å². The van der Waals surface area contributed by atoms with Crippen molar-refractivity contribution in [3.63, 3.8) is 0 Å². The average molecular weight is 378 g/mol. The summed E-state index contributed by atoms with van der Waals surface area (Å²) in [5.74, 6) is 0. The van der Waals surface area contributed by atoms with E-state index < -0.39 is 8.07 Å². The van der Waals surface area contributed by atoms with Gasteiger partial charge in [-0.1, -0.05) is 90.4 Å². The van der Waals surface area contributed by atoms with Crippen LogP contribution < -0.4 is 12.4 Å². The van der Waals surface area contributed by atoms with Crippen molar-refractivity contribution in [3.05, 3.63) is 0 Å². The summed E-state index contributed by atoms with van der Waals surface area (Å²) in [5, 5.41) is 0. The summed E-state index contributed by atoms with van der Waals surface area (Å²) in [7, 11) is 4.03. The SMILES string of the molecule is CCCCCCCCCCCCC[N+](C)(C)CCC[Si](C)(C)C.[Cl-]. The Morgan fingerprint density at radius 1 is 0.583 bits per heavy atom. The van der Waals surface area contributed by atoms with E-state index in [-0.39, 0.29) is 12.4 Å². The summed E-state index contributed by atoms with van der Waals surface area (Å²) in [4.78, 5) is 0. The summed E-state index contributed by atoms with van der Waals surface area (Å²) < 4.78 is 1.24. The normalized spacial score (nSPS) is 12.2. The minimum absolute atomic E-state index is 0. The zero-order valence-electron chi connectivity index (χ0n) is 17.9. The number of unbranched alkanes of at least 4 members (excludes halogenated alkanes) is 10. The molecule has 0 aliphatic carbocycles. The molecule has 0 saturated carbocycles. The first-order valence-electron chi connectivity index (χ1n) is 10.6. The Hall–Kier alpha value is 0.467. The van der Waals surface area contributed by atoms with Crippen LogP contribution in [0.4, 0.5) is 0 Å². The highest BCUT2D eigenvalue weighted by Crippen LogP contribution is 2.15. The Labute approximate surface area is 162 Å². The number of quaternary nitrogens is 1. The molecule has 24 heavy (non-hydrogen) atoms. The molecule has 0 saturated heterocycles. The molecule has 148 valence electrons. The number of hydrogen-bond acceptors (Lipinski definition) is 0. The third-order valence-corrected chi connectivity index (χ3v) is 6.91. The smallest absolute Gasteiger partial charge is 0.0782 e. The van der Waals surface area contributed by atoms with Gasteiger partial charge in [0.25, 0.3) is 0 Å². The molecule has 0 amide bonds. The van der Waals surface area contributed by atoms with Crippen LogP contribution in [0.2, 0.25) is 25.7 Å². The van der Waals surface area contributed by atoms with Crippen LogP contribution >= 0.6 is 0 Å². The summed E-state index contributed by atoms with van der Waals surface area (Å²) in [5.41, 5.74) is 0. The van der Waals surface area contributed by atoms with Gasteiger partial charge in [0.1, 0.15) is 0 Å². The quantitative estimate of drug-likeness (QED) is 0.216. The van der Waals surface area contributed by atoms with Gasteiger partial charge in [-0.15, -0.1) is 0 Å². The lowest BCUT2D eigenvalue weighted by molar-refractivity contribution is -0.890. The number of nitrogens with zero attached hydrogens (tertiary/aromatic N) is 1. The molecule has 0 fully saturated rings. The minimum atomic E-state index is -0.835. The molecule has 0 N–H and O–H groups in total. The molecular formula is C21H48ClNSi. The third kappa shape index (κ3) is 20.5. The molecule has 1 nitrogen and oxygen atoms in total. The van der Waals surface area contributed by atoms with E-state index in [1.807, 2.05) is 0 Å². The second-order valence-electron chi connectivity index (χ2n) is 9.58. The van der Waals surface area contributed by atoms with E-state index in [4.69, 9.17) is 0 Å². The van der Waals surface area contributed by atoms with E-state index in [0.717, 1.165) is 0 Å². The standard InChI is InChI=1S/C21H48NSi.ClH/c1-7-8-9-10-11-12-13-14-15-16-17-19-22(2,3)20-18-21-23(4,5)6;/h7-21H2,1-6H3;1H/q+1;/p-1. The zero-order chi connectivity index (χ0) is 17.6. The highest BCUT2D eigenvalue weighted by molar-refractivity contribution is 6.76. The summed E-state index contributed by atoms with van der Waals surface area (Å²) in [6.45, 7) is 12.5. The predicted molar refractivity (Wildman–Crippen MR) is 111 cm³/mol. The summed E-state index contributed by atoms with van der Waals surface area (Å²) in [6.07, 6.45) is 17.4. The van der Waals surface area contributed by atoms with E-state index in [1.54, 1.807) is 0 Å². The Balaban J connectivity index is 0. The van der Waals surface area contributed by atoms with Gasteiger partial charge in [0.15, 0.2) is 0 Å². The van der Waals surface area contributed by atoms with Crippen molar-refractivity contribution < 1.29 is 16.9 Å². The second kappa shape index (κ2) is 15.7. The molecule has 0 aliphatic rings. The number of hydrogen-bond donors (Lipinski definition) is 0. The van der Waals surface area contributed by atoms with Crippen molar-refractivity contribution >= 4 is 8.07 Å². The molecule has 0 rings (SSSR count). The van der Waals surface area contributed by atoms with Crippen LogP contribution in [0.15, 0.2) is 0 Å². The van der Waals surface area contributed by atoms with Gasteiger partial charge in [-0.3, -0.25) is 0 Å². The maximum absolute atomic E-state index is 2.50. The van der Waals surface area contributed by atoms with Gasteiger partial charge < -0.3 is 16.9 Å². The Kier molecular flexibility index (Phi) is 17.5. The molecule has 0 spiro atoms. The van der Waals surface area contributed by atoms with Crippen molar-refractivity contribution in [3.8, 4) is 0 Å². The Morgan fingerprint density at radius 3 is 1.38 bits per heavy atom. The van der Waals surface area contributed by atoms with E-state index in [0.29, 0.717) is 0 Å². The van der Waals surface area contributed by atoms with Crippen LogP contribution in [0, 0.1) is 0 Å². The number of rotatable bonds is 16. The van der Waals surface area contributed by atoms with Crippen LogP contribution in [0.1, 0.15) is 84.0 Å². The topological polar surface area (TPSA) is 0 Å². The van der Waals surface area contributed by atoms with Gasteiger partial charge in [-0.25, -0.2) is 0 Å². The molecule has 0 radical (unpaired) electrons. The highest BCUT2D eigenvalue weighted by atomic mass is 35.5. The van der Waals surface area contributed by atoms with Gasteiger partial charge in [-0.2, -0.15) is 0 Å². The summed E-state index contributed by atoms with van der Waals surface area (Å²) >= 11 is 0. The van der Waals surface area contributed by atoms with Crippen molar-refractivity contribution in [2.24, 2.45) is 0 Å². The second-order valence-corrected chi connectivity index (χ2v) is 15.2. The largest absolute Gasteiger partial charge is 1.00 e. The van der Waals surface area contributed by atoms with Gasteiger partial charge in [0, 0.05) is 8.07 Å². The molecule has 0 aliphatic heterocycles. The summed E-state index contributed by atoms with van der Waals surface area (Å²) in [6, 6.07) is 1.49. The first kappa shape index (κ1) is 26.7. The molecule has 0 bridgehead atoms. The van der Waals surface area contributed by atoms with Crippen LogP contribution in [0.5, 0.6) is 0 Å². The molecular weight excluding hydrogens is 330 g/mol. The molecule has 0 aromatic heterocycles.